The Morgan fingerprint density at radius 3 is 2.49 bits per heavy atom. The summed E-state index contributed by atoms with van der Waals surface area (Å²) in [5.74, 6) is 3.77. The summed E-state index contributed by atoms with van der Waals surface area (Å²) in [6.07, 6.45) is 3.36. The molecule has 184 valence electrons. The van der Waals surface area contributed by atoms with Gasteiger partial charge in [0, 0.05) is 23.7 Å². The third kappa shape index (κ3) is 5.52. The van der Waals surface area contributed by atoms with E-state index >= 15 is 0 Å². The van der Waals surface area contributed by atoms with Gasteiger partial charge in [0.25, 0.3) is 5.91 Å². The van der Waals surface area contributed by atoms with Crippen molar-refractivity contribution in [3.05, 3.63) is 100 Å². The highest BCUT2D eigenvalue weighted by Gasteiger charge is 2.46. The lowest BCUT2D eigenvalue weighted by Crippen LogP contribution is -2.40. The van der Waals surface area contributed by atoms with E-state index in [2.05, 4.69) is 57.0 Å². The van der Waals surface area contributed by atoms with E-state index in [0.29, 0.717) is 16.1 Å². The van der Waals surface area contributed by atoms with Crippen LogP contribution in [-0.2, 0) is 21.7 Å². The highest BCUT2D eigenvalue weighted by molar-refractivity contribution is 7.10. The van der Waals surface area contributed by atoms with Crippen molar-refractivity contribution in [2.24, 2.45) is 0 Å². The predicted molar refractivity (Wildman–Crippen MR) is 143 cm³/mol. The molecular weight excluding hydrogens is 484 g/mol. The number of amides is 3. The van der Waals surface area contributed by atoms with Crippen LogP contribution in [0.25, 0.3) is 10.8 Å². The maximum absolute atomic E-state index is 13.4. The molecule has 7 nitrogen and oxygen atoms in total. The molecule has 8 heteroatoms. The van der Waals surface area contributed by atoms with Gasteiger partial charge >= 0.3 is 11.8 Å². The van der Waals surface area contributed by atoms with E-state index in [1.807, 2.05) is 23.6 Å². The molecule has 5 rings (SSSR count). The maximum atomic E-state index is 13.4. The Bertz CT molecular complexity index is 1530. The zero-order chi connectivity index (χ0) is 25.7. The minimum absolute atomic E-state index is 0.0288. The average molecular weight is 509 g/mol. The summed E-state index contributed by atoms with van der Waals surface area (Å²) >= 11 is 1.39. The molecule has 0 unspecified atom stereocenters. The Hall–Kier alpha value is -4.48. The van der Waals surface area contributed by atoms with Crippen LogP contribution in [0.15, 0.2) is 78.3 Å². The molecule has 1 aliphatic rings. The third-order valence-electron chi connectivity index (χ3n) is 6.28. The zero-order valence-corrected chi connectivity index (χ0v) is 20.7. The molecule has 3 N–H and O–H groups in total. The highest BCUT2D eigenvalue weighted by atomic mass is 32.1. The van der Waals surface area contributed by atoms with Gasteiger partial charge in [0.1, 0.15) is 0 Å². The number of carbonyl (C=O) groups excluding carboxylic acids is 3. The lowest BCUT2D eigenvalue weighted by Gasteiger charge is -2.21. The quantitative estimate of drug-likeness (QED) is 0.274. The molecule has 0 spiro atoms. The number of thiazole rings is 1. The summed E-state index contributed by atoms with van der Waals surface area (Å²) in [5, 5.41) is 13.0. The van der Waals surface area contributed by atoms with E-state index < -0.39 is 17.4 Å². The van der Waals surface area contributed by atoms with Crippen molar-refractivity contribution in [2.75, 3.05) is 6.54 Å². The fourth-order valence-corrected chi connectivity index (χ4v) is 4.78. The molecule has 1 heterocycles. The smallest absolute Gasteiger partial charge is 0.310 e. The van der Waals surface area contributed by atoms with Crippen LogP contribution in [-0.4, -0.2) is 29.3 Å². The predicted octanol–water partition coefficient (Wildman–Crippen LogP) is 3.50. The number of carbonyl (C=O) groups is 3. The van der Waals surface area contributed by atoms with Crippen molar-refractivity contribution in [3.8, 4) is 11.8 Å². The van der Waals surface area contributed by atoms with E-state index in [1.54, 1.807) is 30.5 Å². The van der Waals surface area contributed by atoms with Crippen LogP contribution < -0.4 is 16.0 Å². The highest BCUT2D eigenvalue weighted by Crippen LogP contribution is 2.48. The first-order valence-electron chi connectivity index (χ1n) is 11.9. The number of hydrogen-bond donors (Lipinski definition) is 3. The molecule has 4 aromatic rings. The molecular formula is C29H24N4O3S. The van der Waals surface area contributed by atoms with Crippen molar-refractivity contribution >= 4 is 39.8 Å². The van der Waals surface area contributed by atoms with Gasteiger partial charge < -0.3 is 16.0 Å². The van der Waals surface area contributed by atoms with Crippen LogP contribution >= 0.6 is 11.3 Å². The standard InChI is InChI=1S/C29H24N4O3S/c34-26(33-29(14-15-29)24-12-5-9-20-7-1-3-10-22(20)24)23-11-4-2-8-21(23)19-32-28(36)27(35)31-16-6-13-25-30-17-18-37-25/h1-5,7-12,17-18H,14-16,19H2,(H,31,35)(H,32,36)(H,33,34). The molecule has 37 heavy (non-hydrogen) atoms. The monoisotopic (exact) mass is 508 g/mol. The van der Waals surface area contributed by atoms with Crippen molar-refractivity contribution in [3.63, 3.8) is 0 Å². The first kappa shape index (κ1) is 24.2. The van der Waals surface area contributed by atoms with Crippen LogP contribution in [0, 0.1) is 11.8 Å². The third-order valence-corrected chi connectivity index (χ3v) is 6.97. The minimum Gasteiger partial charge on any atom is -0.344 e. The van der Waals surface area contributed by atoms with Crippen molar-refractivity contribution in [1.82, 2.24) is 20.9 Å². The van der Waals surface area contributed by atoms with Crippen LogP contribution in [0.5, 0.6) is 0 Å². The van der Waals surface area contributed by atoms with Gasteiger partial charge in [-0.15, -0.1) is 11.3 Å². The Morgan fingerprint density at radius 2 is 1.68 bits per heavy atom. The van der Waals surface area contributed by atoms with Crippen LogP contribution in [0.1, 0.15) is 39.3 Å². The van der Waals surface area contributed by atoms with Gasteiger partial charge in [-0.3, -0.25) is 14.4 Å². The number of hydrogen-bond acceptors (Lipinski definition) is 5. The Labute approximate surface area is 218 Å². The molecule has 3 aromatic carbocycles. The summed E-state index contributed by atoms with van der Waals surface area (Å²) in [7, 11) is 0. The maximum Gasteiger partial charge on any atom is 0.310 e. The zero-order valence-electron chi connectivity index (χ0n) is 19.9. The van der Waals surface area contributed by atoms with E-state index in [0.717, 1.165) is 29.2 Å². The molecule has 0 aliphatic heterocycles. The molecule has 0 saturated heterocycles. The number of aromatic nitrogens is 1. The normalized spacial score (nSPS) is 13.2. The molecule has 0 radical (unpaired) electrons. The summed E-state index contributed by atoms with van der Waals surface area (Å²) in [4.78, 5) is 41.8. The van der Waals surface area contributed by atoms with Gasteiger partial charge in [0.05, 0.1) is 12.1 Å². The van der Waals surface area contributed by atoms with Gasteiger partial charge in [0.2, 0.25) is 0 Å². The Kier molecular flexibility index (Phi) is 6.97. The number of nitrogens with one attached hydrogen (secondary N) is 3. The van der Waals surface area contributed by atoms with Crippen molar-refractivity contribution in [2.45, 2.75) is 24.9 Å². The number of fused-ring (bicyclic) bond motifs is 1. The van der Waals surface area contributed by atoms with E-state index in [-0.39, 0.29) is 19.0 Å². The average Bonchev–Trinajstić information content (AvgIpc) is 3.51. The summed E-state index contributed by atoms with van der Waals surface area (Å²) < 4.78 is 0. The van der Waals surface area contributed by atoms with E-state index in [4.69, 9.17) is 0 Å². The summed E-state index contributed by atoms with van der Waals surface area (Å²) in [6.45, 7) is 0.0724. The largest absolute Gasteiger partial charge is 0.344 e. The van der Waals surface area contributed by atoms with E-state index in [1.165, 1.54) is 11.3 Å². The van der Waals surface area contributed by atoms with Crippen LogP contribution in [0.3, 0.4) is 0 Å². The summed E-state index contributed by atoms with van der Waals surface area (Å²) in [5.41, 5.74) is 1.79. The first-order valence-corrected chi connectivity index (χ1v) is 12.8. The Balaban J connectivity index is 1.22. The van der Waals surface area contributed by atoms with Crippen molar-refractivity contribution in [1.29, 1.82) is 0 Å². The fourth-order valence-electron chi connectivity index (χ4n) is 4.28. The topological polar surface area (TPSA) is 100 Å². The van der Waals surface area contributed by atoms with Crippen LogP contribution in [0.4, 0.5) is 0 Å². The minimum atomic E-state index is -0.791. The number of nitrogens with zero attached hydrogens (tertiary/aromatic N) is 1. The molecule has 1 saturated carbocycles. The van der Waals surface area contributed by atoms with Crippen molar-refractivity contribution < 1.29 is 14.4 Å². The Morgan fingerprint density at radius 1 is 0.919 bits per heavy atom. The van der Waals surface area contributed by atoms with Crippen LogP contribution in [0.2, 0.25) is 0 Å². The number of rotatable bonds is 6. The van der Waals surface area contributed by atoms with Gasteiger partial charge in [-0.1, -0.05) is 66.6 Å². The molecule has 1 aromatic heterocycles. The lowest BCUT2D eigenvalue weighted by atomic mass is 9.96. The van der Waals surface area contributed by atoms with Gasteiger partial charge in [-0.2, -0.15) is 0 Å². The molecule has 1 aliphatic carbocycles. The number of benzene rings is 3. The lowest BCUT2D eigenvalue weighted by molar-refractivity contribution is -0.139. The second kappa shape index (κ2) is 10.6. The summed E-state index contributed by atoms with van der Waals surface area (Å²) in [6, 6.07) is 21.4. The molecule has 1 fully saturated rings. The SMILES string of the molecule is O=C(NCC#Cc1nccs1)C(=O)NCc1ccccc1C(=O)NC1(c2cccc3ccccc23)CC1. The van der Waals surface area contributed by atoms with E-state index in [9.17, 15) is 14.4 Å². The molecule has 0 bridgehead atoms. The fraction of sp³-hybridized carbons (Fsp3) is 0.172. The van der Waals surface area contributed by atoms with Gasteiger partial charge in [0.15, 0.2) is 5.01 Å². The van der Waals surface area contributed by atoms with Gasteiger partial charge in [-0.25, -0.2) is 4.98 Å². The molecule has 0 atom stereocenters. The van der Waals surface area contributed by atoms with Gasteiger partial charge in [-0.05, 0) is 46.7 Å². The second-order valence-electron chi connectivity index (χ2n) is 8.72. The second-order valence-corrected chi connectivity index (χ2v) is 9.62. The first-order chi connectivity index (χ1) is 18.1. The molecule has 3 amide bonds.